The molecule has 0 nitrogen and oxygen atoms in total. The van der Waals surface area contributed by atoms with Crippen molar-refractivity contribution < 1.29 is 0 Å². The maximum atomic E-state index is 2.27. The first-order valence-corrected chi connectivity index (χ1v) is 5.96. The van der Waals surface area contributed by atoms with Gasteiger partial charge in [0.1, 0.15) is 0 Å². The highest BCUT2D eigenvalue weighted by Crippen LogP contribution is 2.27. The maximum absolute atomic E-state index is 2.27. The molecule has 0 saturated carbocycles. The zero-order valence-corrected chi connectivity index (χ0v) is 9.18. The van der Waals surface area contributed by atoms with E-state index in [2.05, 4.69) is 48.0 Å². The third-order valence-corrected chi connectivity index (χ3v) is 3.14. The summed E-state index contributed by atoms with van der Waals surface area (Å²) in [4.78, 5) is 0. The highest BCUT2D eigenvalue weighted by Gasteiger charge is 2.04. The molecule has 2 rings (SSSR count). The van der Waals surface area contributed by atoms with Crippen LogP contribution in [0.1, 0.15) is 18.9 Å². The maximum Gasteiger partial charge on any atom is -0.00119 e. The van der Waals surface area contributed by atoms with Gasteiger partial charge in [-0.2, -0.15) is 11.3 Å². The van der Waals surface area contributed by atoms with E-state index in [0.717, 1.165) is 0 Å². The molecule has 1 aromatic heterocycles. The van der Waals surface area contributed by atoms with Crippen molar-refractivity contribution in [2.24, 2.45) is 0 Å². The number of aryl methyl sites for hydroxylation is 1. The van der Waals surface area contributed by atoms with Crippen LogP contribution in [0.4, 0.5) is 0 Å². The van der Waals surface area contributed by atoms with Crippen molar-refractivity contribution in [2.75, 3.05) is 0 Å². The summed E-state index contributed by atoms with van der Waals surface area (Å²) in [7, 11) is 0. The van der Waals surface area contributed by atoms with Gasteiger partial charge in [-0.1, -0.05) is 43.7 Å². The lowest BCUT2D eigenvalue weighted by molar-refractivity contribution is 0.928. The summed E-state index contributed by atoms with van der Waals surface area (Å²) < 4.78 is 0. The number of hydrogen-bond acceptors (Lipinski definition) is 1. The Balaban J connectivity index is 2.37. The van der Waals surface area contributed by atoms with E-state index in [0.29, 0.717) is 0 Å². The standard InChI is InChI=1S/C13H14S/c1-2-6-12-9-14-10-13(12)11-7-4-3-5-8-11/h3-5,7-10H,2,6H2,1H3. The van der Waals surface area contributed by atoms with Crippen molar-refractivity contribution in [3.8, 4) is 11.1 Å². The second-order valence-corrected chi connectivity index (χ2v) is 4.17. The summed E-state index contributed by atoms with van der Waals surface area (Å²) in [6.07, 6.45) is 2.41. The van der Waals surface area contributed by atoms with Crippen molar-refractivity contribution >= 4 is 11.3 Å². The largest absolute Gasteiger partial charge is 0.151 e. The fourth-order valence-electron chi connectivity index (χ4n) is 1.66. The van der Waals surface area contributed by atoms with Gasteiger partial charge in [-0.15, -0.1) is 0 Å². The molecule has 2 aromatic rings. The molecule has 0 radical (unpaired) electrons. The number of thiophene rings is 1. The van der Waals surface area contributed by atoms with Gasteiger partial charge in [0.15, 0.2) is 0 Å². The van der Waals surface area contributed by atoms with E-state index in [1.165, 1.54) is 29.5 Å². The van der Waals surface area contributed by atoms with E-state index in [4.69, 9.17) is 0 Å². The predicted octanol–water partition coefficient (Wildman–Crippen LogP) is 4.37. The summed E-state index contributed by atoms with van der Waals surface area (Å²) in [5, 5.41) is 4.52. The minimum atomic E-state index is 1.19. The Morgan fingerprint density at radius 1 is 1.07 bits per heavy atom. The topological polar surface area (TPSA) is 0 Å². The van der Waals surface area contributed by atoms with Crippen LogP contribution in [-0.4, -0.2) is 0 Å². The first-order valence-electron chi connectivity index (χ1n) is 5.02. The van der Waals surface area contributed by atoms with Crippen LogP contribution in [0.3, 0.4) is 0 Å². The summed E-state index contributed by atoms with van der Waals surface area (Å²) in [6, 6.07) is 10.6. The molecular formula is C13H14S. The summed E-state index contributed by atoms with van der Waals surface area (Å²) >= 11 is 1.80. The SMILES string of the molecule is CCCc1cscc1-c1ccccc1. The Labute approximate surface area is 89.2 Å². The van der Waals surface area contributed by atoms with Gasteiger partial charge in [-0.05, 0) is 33.9 Å². The Hall–Kier alpha value is -1.08. The second-order valence-electron chi connectivity index (χ2n) is 3.43. The Bertz CT molecular complexity index is 387. The zero-order valence-electron chi connectivity index (χ0n) is 8.36. The van der Waals surface area contributed by atoms with Crippen LogP contribution < -0.4 is 0 Å². The molecule has 1 heterocycles. The third kappa shape index (κ3) is 1.88. The smallest absolute Gasteiger partial charge is 0.00119 e. The monoisotopic (exact) mass is 202 g/mol. The van der Waals surface area contributed by atoms with Crippen LogP contribution >= 0.6 is 11.3 Å². The van der Waals surface area contributed by atoms with E-state index in [-0.39, 0.29) is 0 Å². The molecule has 14 heavy (non-hydrogen) atoms. The molecule has 0 unspecified atom stereocenters. The van der Waals surface area contributed by atoms with E-state index in [1.807, 2.05) is 0 Å². The van der Waals surface area contributed by atoms with Gasteiger partial charge < -0.3 is 0 Å². The van der Waals surface area contributed by atoms with Gasteiger partial charge in [0, 0.05) is 0 Å². The van der Waals surface area contributed by atoms with E-state index in [9.17, 15) is 0 Å². The summed E-state index contributed by atoms with van der Waals surface area (Å²) in [5.41, 5.74) is 4.25. The molecular weight excluding hydrogens is 188 g/mol. The van der Waals surface area contributed by atoms with Crippen molar-refractivity contribution in [3.63, 3.8) is 0 Å². The fourth-order valence-corrected chi connectivity index (χ4v) is 2.56. The van der Waals surface area contributed by atoms with E-state index in [1.54, 1.807) is 11.3 Å². The minimum Gasteiger partial charge on any atom is -0.151 e. The summed E-state index contributed by atoms with van der Waals surface area (Å²) in [6.45, 7) is 2.23. The molecule has 72 valence electrons. The lowest BCUT2D eigenvalue weighted by atomic mass is 10.0. The zero-order chi connectivity index (χ0) is 9.80. The van der Waals surface area contributed by atoms with Gasteiger partial charge in [0.2, 0.25) is 0 Å². The molecule has 0 aliphatic heterocycles. The van der Waals surface area contributed by atoms with Crippen LogP contribution in [0.25, 0.3) is 11.1 Å². The van der Waals surface area contributed by atoms with Crippen molar-refractivity contribution in [3.05, 3.63) is 46.7 Å². The van der Waals surface area contributed by atoms with E-state index < -0.39 is 0 Å². The molecule has 0 N–H and O–H groups in total. The fraction of sp³-hybridized carbons (Fsp3) is 0.231. The third-order valence-electron chi connectivity index (χ3n) is 2.35. The van der Waals surface area contributed by atoms with Gasteiger partial charge >= 0.3 is 0 Å². The molecule has 0 atom stereocenters. The number of benzene rings is 1. The molecule has 0 aliphatic carbocycles. The Morgan fingerprint density at radius 3 is 2.57 bits per heavy atom. The molecule has 0 spiro atoms. The highest BCUT2D eigenvalue weighted by molar-refractivity contribution is 7.08. The lowest BCUT2D eigenvalue weighted by Gasteiger charge is -2.02. The van der Waals surface area contributed by atoms with Crippen LogP contribution in [0.15, 0.2) is 41.1 Å². The van der Waals surface area contributed by atoms with Gasteiger partial charge in [-0.3, -0.25) is 0 Å². The molecule has 0 saturated heterocycles. The molecule has 0 fully saturated rings. The lowest BCUT2D eigenvalue weighted by Crippen LogP contribution is -1.83. The van der Waals surface area contributed by atoms with Crippen molar-refractivity contribution in [2.45, 2.75) is 19.8 Å². The van der Waals surface area contributed by atoms with E-state index >= 15 is 0 Å². The molecule has 1 aromatic carbocycles. The van der Waals surface area contributed by atoms with Gasteiger partial charge in [0.25, 0.3) is 0 Å². The number of rotatable bonds is 3. The Kier molecular flexibility index (Phi) is 3.00. The summed E-state index contributed by atoms with van der Waals surface area (Å²) in [5.74, 6) is 0. The highest BCUT2D eigenvalue weighted by atomic mass is 32.1. The first-order chi connectivity index (χ1) is 6.92. The molecule has 0 amide bonds. The van der Waals surface area contributed by atoms with Crippen molar-refractivity contribution in [1.82, 2.24) is 0 Å². The van der Waals surface area contributed by atoms with Gasteiger partial charge in [0.05, 0.1) is 0 Å². The van der Waals surface area contributed by atoms with Crippen LogP contribution in [-0.2, 0) is 6.42 Å². The number of hydrogen-bond donors (Lipinski definition) is 0. The quantitative estimate of drug-likeness (QED) is 0.693. The van der Waals surface area contributed by atoms with Crippen LogP contribution in [0.5, 0.6) is 0 Å². The normalized spacial score (nSPS) is 10.4. The van der Waals surface area contributed by atoms with Crippen molar-refractivity contribution in [1.29, 1.82) is 0 Å². The van der Waals surface area contributed by atoms with Gasteiger partial charge in [-0.25, -0.2) is 0 Å². The molecule has 1 heteroatoms. The Morgan fingerprint density at radius 2 is 1.86 bits per heavy atom. The second kappa shape index (κ2) is 4.43. The average Bonchev–Trinajstić information content (AvgIpc) is 2.68. The molecule has 0 aliphatic rings. The predicted molar refractivity (Wildman–Crippen MR) is 63.8 cm³/mol. The van der Waals surface area contributed by atoms with Crippen LogP contribution in [0, 0.1) is 0 Å². The average molecular weight is 202 g/mol. The minimum absolute atomic E-state index is 1.19. The molecule has 0 bridgehead atoms. The first kappa shape index (κ1) is 9.47. The van der Waals surface area contributed by atoms with Crippen LogP contribution in [0.2, 0.25) is 0 Å².